The zero-order valence-corrected chi connectivity index (χ0v) is 75.5. The third-order valence-electron chi connectivity index (χ3n) is 27.4. The highest BCUT2D eigenvalue weighted by atomic mass is 32.1. The topological polar surface area (TPSA) is 35.2 Å². The highest BCUT2D eigenvalue weighted by Crippen LogP contribution is 2.59. The summed E-state index contributed by atoms with van der Waals surface area (Å²) in [5, 5.41) is -0.0447. The Morgan fingerprint density at radius 3 is 0.897 bits per heavy atom. The highest BCUT2D eigenvalue weighted by Gasteiger charge is 2.55. The van der Waals surface area contributed by atoms with Gasteiger partial charge in [0.1, 0.15) is 168 Å². The second-order valence-corrected chi connectivity index (χ2v) is 37.4. The number of para-hydroxylation sites is 11. The molecule has 145 heavy (non-hydrogen) atoms. The predicted octanol–water partition coefficient (Wildman–Crippen LogP) is 27.7. The molecule has 2 aromatic heterocycles. The van der Waals surface area contributed by atoms with Crippen LogP contribution in [0, 0.1) is 111 Å². The Kier molecular flexibility index (Phi) is 20.1. The first-order valence-corrected chi connectivity index (χ1v) is 46.8. The van der Waals surface area contributed by atoms with E-state index in [-0.39, 0.29) is 131 Å². The lowest BCUT2D eigenvalue weighted by atomic mass is 9.30. The van der Waals surface area contributed by atoms with E-state index in [9.17, 15) is 0 Å². The van der Waals surface area contributed by atoms with Gasteiger partial charge in [-0.3, -0.25) is 4.90 Å². The molecule has 702 valence electrons. The summed E-state index contributed by atoms with van der Waals surface area (Å²) in [6.07, 6.45) is 0. The molecule has 8 heterocycles. The van der Waals surface area contributed by atoms with Crippen LogP contribution in [0.2, 0.25) is 0 Å². The molecule has 33 heteroatoms. The van der Waals surface area contributed by atoms with Gasteiger partial charge in [-0.2, -0.15) is 0 Å². The van der Waals surface area contributed by atoms with Crippen molar-refractivity contribution >= 4 is 247 Å². The van der Waals surface area contributed by atoms with Crippen molar-refractivity contribution in [1.29, 1.82) is 0 Å². The first-order valence-electron chi connectivity index (χ1n) is 45.1. The molecule has 0 N–H and O–H groups in total. The van der Waals surface area contributed by atoms with E-state index in [0.717, 1.165) is 235 Å². The smallest absolute Gasteiger partial charge is 0.264 e. The van der Waals surface area contributed by atoms with E-state index >= 15 is 83.4 Å². The maximum atomic E-state index is 18.7. The third-order valence-corrected chi connectivity index (χ3v) is 29.8. The summed E-state index contributed by atoms with van der Waals surface area (Å²) >= 11 is 1.96. The summed E-state index contributed by atoms with van der Waals surface area (Å²) in [5.41, 5.74) is -11.1. The number of hydrogen-bond acceptors (Lipinski definition) is 11. The Hall–Kier alpha value is -17.1. The fraction of sp³-hybridized carbons (Fsp3) is 0. The third kappa shape index (κ3) is 13.2. The monoisotopic (exact) mass is 1980 g/mol. The molecule has 0 fully saturated rings. The summed E-state index contributed by atoms with van der Waals surface area (Å²) in [5.74, 6) is -24.4. The summed E-state index contributed by atoms with van der Waals surface area (Å²) in [6.45, 7) is -4.60. The summed E-state index contributed by atoms with van der Waals surface area (Å²) in [4.78, 5) is 8.60. The molecule has 18 aromatic carbocycles. The number of nitrogens with zero attached hydrogens (tertiary/aromatic N) is 8. The van der Waals surface area contributed by atoms with Gasteiger partial charge >= 0.3 is 0 Å². The Morgan fingerprint density at radius 2 is 0.510 bits per heavy atom. The second-order valence-electron chi connectivity index (χ2n) is 35.3. The summed E-state index contributed by atoms with van der Waals surface area (Å²) < 4.78 is 348. The molecule has 6 aliphatic rings. The van der Waals surface area contributed by atoms with Gasteiger partial charge in [0.2, 0.25) is 0 Å². The molecule has 0 radical (unpaired) electrons. The van der Waals surface area contributed by atoms with Gasteiger partial charge in [0.25, 0.3) is 20.1 Å². The number of rotatable bonds is 14. The standard InChI is InChI=1S/C112H54B3F19N8OS2/c116-55-39-41-96-62(43-55)101-111(144-96)114-65-51-64-86(53-87(65)138(106-75(125)28-12-29-76(106)126)90-47-60(48-92(99(90)114)142(101)110-83(133)36-16-37-84(110)134)137(104-71(121)24-10-25-72(104)122)105-73(123)26-11-27-74(105)124)139(107-77(127)30-13-31-78(107)128)93-49-61(135(57-17-3-1-4-18-57)58-19-5-2-6-20-58)50-95-100(93)113(64)67-52-66-88(54-94(67)143-95)140(108-79(129)32-14-33-80(108)130)89-45-59(136(85-38-8-7-21-68(85)118)103-69(119)22-9-23-70(103)120)46-91-98(89)115(66)112-102(63-44-56(117)40-42-97(63)145-112)141(91)109-81(131)34-15-35-82(109)132/h1-54H. The van der Waals surface area contributed by atoms with Gasteiger partial charge in [-0.05, 0) is 244 Å². The maximum Gasteiger partial charge on any atom is 0.264 e. The van der Waals surface area contributed by atoms with Crippen LogP contribution in [0.4, 0.5) is 220 Å². The largest absolute Gasteiger partial charge is 0.458 e. The molecule has 26 rings (SSSR count). The fourth-order valence-corrected chi connectivity index (χ4v) is 24.4. The molecule has 6 aliphatic heterocycles. The van der Waals surface area contributed by atoms with E-state index in [1.807, 2.05) is 0 Å². The molecule has 0 aliphatic carbocycles. The Morgan fingerprint density at radius 1 is 0.207 bits per heavy atom. The molecule has 0 spiro atoms. The van der Waals surface area contributed by atoms with Gasteiger partial charge in [-0.1, -0.05) is 109 Å². The molecule has 0 saturated heterocycles. The normalized spacial score (nSPS) is 13.2. The van der Waals surface area contributed by atoms with E-state index in [2.05, 4.69) is 0 Å². The Balaban J connectivity index is 0.830. The van der Waals surface area contributed by atoms with E-state index < -0.39 is 205 Å². The van der Waals surface area contributed by atoms with Crippen molar-refractivity contribution < 1.29 is 88.2 Å². The highest BCUT2D eigenvalue weighted by molar-refractivity contribution is 7.34. The second kappa shape index (κ2) is 33.0. The Labute approximate surface area is 819 Å². The number of anilines is 24. The molecule has 20 aromatic rings. The lowest BCUT2D eigenvalue weighted by molar-refractivity contribution is 0.487. The predicted molar refractivity (Wildman–Crippen MR) is 534 cm³/mol. The quantitative estimate of drug-likeness (QED) is 0.0781. The van der Waals surface area contributed by atoms with Crippen molar-refractivity contribution in [2.75, 3.05) is 39.2 Å². The summed E-state index contributed by atoms with van der Waals surface area (Å²) in [6, 6.07) is 65.9. The van der Waals surface area contributed by atoms with Crippen LogP contribution in [-0.2, 0) is 0 Å². The van der Waals surface area contributed by atoms with Gasteiger partial charge < -0.3 is 39.0 Å². The number of thiophene rings is 2. The Bertz CT molecular complexity index is 8790. The SMILES string of the molecule is Fc1ccc2sc3c(c2c1)N(c1c(F)cccc1F)c1cc(N(c2ccccc2F)c2c(F)cccc2F)cc2c1B3c1cc3c(cc1N2c1c(F)cccc1F)Oc1cc(N(c2ccccc2)c2ccccc2)cc2c1B3c1cc3c(cc1N2c1c(F)cccc1F)N(c1c(F)cccc1F)c1cc(N(c2c(F)cccc2F)c2c(F)cccc2F)cc2c1B3c1sc3ccc(F)cc3c1N2c1c(F)cccc1F. The van der Waals surface area contributed by atoms with E-state index in [0.29, 0.717) is 16.3 Å². The molecule has 9 nitrogen and oxygen atoms in total. The van der Waals surface area contributed by atoms with E-state index in [1.165, 1.54) is 59.5 Å². The van der Waals surface area contributed by atoms with Crippen molar-refractivity contribution in [2.24, 2.45) is 0 Å². The van der Waals surface area contributed by atoms with E-state index in [1.54, 1.807) is 89.8 Å². The maximum absolute atomic E-state index is 18.7. The van der Waals surface area contributed by atoms with E-state index in [4.69, 9.17) is 4.74 Å². The van der Waals surface area contributed by atoms with Crippen molar-refractivity contribution in [3.05, 3.63) is 438 Å². The molecular weight excluding hydrogens is 1930 g/mol. The van der Waals surface area contributed by atoms with Crippen LogP contribution in [0.5, 0.6) is 11.5 Å². The molecule has 0 amide bonds. The minimum atomic E-state index is -1.58. The van der Waals surface area contributed by atoms with Crippen LogP contribution < -0.4 is 91.7 Å². The summed E-state index contributed by atoms with van der Waals surface area (Å²) in [7, 11) is 0. The van der Waals surface area contributed by atoms with Gasteiger partial charge in [0.05, 0.1) is 34.1 Å². The van der Waals surface area contributed by atoms with Gasteiger partial charge in [0.15, 0.2) is 0 Å². The van der Waals surface area contributed by atoms with Crippen LogP contribution in [-0.4, -0.2) is 20.1 Å². The average Bonchev–Trinajstić information content (AvgIpc) is 1.53. The number of hydrogen-bond donors (Lipinski definition) is 0. The average molecular weight is 1990 g/mol. The van der Waals surface area contributed by atoms with Crippen LogP contribution in [0.25, 0.3) is 20.2 Å². The molecule has 0 saturated carbocycles. The number of ether oxygens (including phenoxy) is 1. The van der Waals surface area contributed by atoms with Crippen LogP contribution >= 0.6 is 22.7 Å². The lowest BCUT2D eigenvalue weighted by Gasteiger charge is -2.47. The fourth-order valence-electron chi connectivity index (χ4n) is 21.8. The number of fused-ring (bicyclic) bond motifs is 16. The zero-order chi connectivity index (χ0) is 99.1. The van der Waals surface area contributed by atoms with Gasteiger partial charge in [0, 0.05) is 98.7 Å². The minimum absolute atomic E-state index is 0.00602. The molecule has 0 atom stereocenters. The van der Waals surface area contributed by atoms with Crippen molar-refractivity contribution in [3.63, 3.8) is 0 Å². The molecule has 0 unspecified atom stereocenters. The minimum Gasteiger partial charge on any atom is -0.458 e. The number of halogens is 19. The molecule has 0 bridgehead atoms. The van der Waals surface area contributed by atoms with Crippen LogP contribution in [0.3, 0.4) is 0 Å². The van der Waals surface area contributed by atoms with Crippen molar-refractivity contribution in [1.82, 2.24) is 0 Å². The van der Waals surface area contributed by atoms with Gasteiger partial charge in [-0.25, -0.2) is 83.4 Å². The molecular formula is C112H54B3F19N8OS2. The van der Waals surface area contributed by atoms with Crippen LogP contribution in [0.1, 0.15) is 0 Å². The van der Waals surface area contributed by atoms with Crippen LogP contribution in [0.15, 0.2) is 328 Å². The zero-order valence-electron chi connectivity index (χ0n) is 73.9. The van der Waals surface area contributed by atoms with Crippen molar-refractivity contribution in [3.8, 4) is 11.5 Å². The first-order chi connectivity index (χ1) is 70.3. The number of benzene rings is 18. The van der Waals surface area contributed by atoms with Crippen molar-refractivity contribution in [2.45, 2.75) is 0 Å². The first kappa shape index (κ1) is 88.1. The lowest BCUT2D eigenvalue weighted by Crippen LogP contribution is -2.65. The van der Waals surface area contributed by atoms with Gasteiger partial charge in [-0.15, -0.1) is 22.7 Å².